The van der Waals surface area contributed by atoms with Gasteiger partial charge in [0.05, 0.1) is 5.75 Å². The summed E-state index contributed by atoms with van der Waals surface area (Å²) in [5, 5.41) is 12.9. The lowest BCUT2D eigenvalue weighted by atomic mass is 10.4. The molecule has 1 heterocycles. The second-order valence-corrected chi connectivity index (χ2v) is 3.71. The maximum absolute atomic E-state index is 9.24. The molecule has 1 rings (SSSR count). The molecule has 0 spiro atoms. The van der Waals surface area contributed by atoms with Gasteiger partial charge in [-0.1, -0.05) is 12.1 Å². The highest BCUT2D eigenvalue weighted by Gasteiger charge is 2.13. The topological polar surface area (TPSA) is 85.2 Å². The van der Waals surface area contributed by atoms with Gasteiger partial charge in [0.1, 0.15) is 6.10 Å². The molecule has 0 aliphatic carbocycles. The summed E-state index contributed by atoms with van der Waals surface area (Å²) in [5.41, 5.74) is 5.23. The molecule has 0 aliphatic heterocycles. The van der Waals surface area contributed by atoms with Gasteiger partial charge in [0.2, 0.25) is 0 Å². The number of aliphatic hydroxyl groups excluding tert-OH is 1. The summed E-state index contributed by atoms with van der Waals surface area (Å²) in [5.74, 6) is 2.52. The highest BCUT2D eigenvalue weighted by atomic mass is 32.2. The summed E-state index contributed by atoms with van der Waals surface area (Å²) >= 11 is 1.70. The van der Waals surface area contributed by atoms with E-state index < -0.39 is 6.10 Å². The van der Waals surface area contributed by atoms with Gasteiger partial charge in [0, 0.05) is 6.54 Å². The summed E-state index contributed by atoms with van der Waals surface area (Å²) in [6, 6.07) is 0. The van der Waals surface area contributed by atoms with Gasteiger partial charge >= 0.3 is 0 Å². The lowest BCUT2D eigenvalue weighted by Gasteiger charge is -1.97. The zero-order chi connectivity index (χ0) is 9.68. The van der Waals surface area contributed by atoms with Gasteiger partial charge in [-0.05, 0) is 5.75 Å². The number of nitrogens with two attached hydrogens (primary N) is 1. The molecule has 0 saturated carbocycles. The van der Waals surface area contributed by atoms with Crippen molar-refractivity contribution in [3.63, 3.8) is 0 Å². The monoisotopic (exact) mass is 203 g/mol. The molecule has 1 aromatic rings. The van der Waals surface area contributed by atoms with Gasteiger partial charge < -0.3 is 15.4 Å². The molecule has 0 fully saturated rings. The lowest BCUT2D eigenvalue weighted by Crippen LogP contribution is -2.11. The van der Waals surface area contributed by atoms with Crippen molar-refractivity contribution < 1.29 is 9.63 Å². The van der Waals surface area contributed by atoms with E-state index >= 15 is 0 Å². The largest absolute Gasteiger partial charge is 0.382 e. The van der Waals surface area contributed by atoms with E-state index in [9.17, 15) is 5.11 Å². The second kappa shape index (κ2) is 5.21. The maximum Gasteiger partial charge on any atom is 0.256 e. The fraction of sp³-hybridized carbons (Fsp3) is 0.714. The molecule has 13 heavy (non-hydrogen) atoms. The number of nitrogens with zero attached hydrogens (tertiary/aromatic N) is 2. The van der Waals surface area contributed by atoms with Crippen molar-refractivity contribution in [1.82, 2.24) is 10.1 Å². The van der Waals surface area contributed by atoms with E-state index in [2.05, 4.69) is 17.1 Å². The molecular weight excluding hydrogens is 190 g/mol. The summed E-state index contributed by atoms with van der Waals surface area (Å²) in [6.45, 7) is 2.16. The van der Waals surface area contributed by atoms with Crippen LogP contribution < -0.4 is 5.73 Å². The predicted octanol–water partition coefficient (Wildman–Crippen LogP) is 0.315. The zero-order valence-electron chi connectivity index (χ0n) is 7.43. The summed E-state index contributed by atoms with van der Waals surface area (Å²) < 4.78 is 4.81. The summed E-state index contributed by atoms with van der Waals surface area (Å²) in [6.07, 6.45) is -0.840. The molecule has 1 atom stereocenters. The zero-order valence-corrected chi connectivity index (χ0v) is 8.25. The molecule has 6 heteroatoms. The molecule has 0 aliphatic rings. The molecular formula is C7H13N3O2S. The van der Waals surface area contributed by atoms with Crippen molar-refractivity contribution in [2.45, 2.75) is 18.8 Å². The van der Waals surface area contributed by atoms with Crippen LogP contribution >= 0.6 is 11.8 Å². The molecule has 0 unspecified atom stereocenters. The molecule has 5 nitrogen and oxygen atoms in total. The summed E-state index contributed by atoms with van der Waals surface area (Å²) in [4.78, 5) is 3.99. The Morgan fingerprint density at radius 3 is 3.08 bits per heavy atom. The SMILES string of the molecule is CCSCc1noc([C@@H](O)CN)n1. The molecule has 74 valence electrons. The highest BCUT2D eigenvalue weighted by Crippen LogP contribution is 2.12. The first-order chi connectivity index (χ1) is 6.27. The average Bonchev–Trinajstić information content (AvgIpc) is 2.62. The minimum atomic E-state index is -0.840. The Labute approximate surface area is 80.7 Å². The van der Waals surface area contributed by atoms with E-state index in [4.69, 9.17) is 10.3 Å². The Morgan fingerprint density at radius 2 is 2.46 bits per heavy atom. The Balaban J connectivity index is 2.53. The predicted molar refractivity (Wildman–Crippen MR) is 50.1 cm³/mol. The first-order valence-electron chi connectivity index (χ1n) is 4.06. The smallest absolute Gasteiger partial charge is 0.256 e. The van der Waals surface area contributed by atoms with Crippen molar-refractivity contribution >= 4 is 11.8 Å². The van der Waals surface area contributed by atoms with Crippen LogP contribution in [0.4, 0.5) is 0 Å². The van der Waals surface area contributed by atoms with Crippen LogP contribution in [0.2, 0.25) is 0 Å². The van der Waals surface area contributed by atoms with Crippen molar-refractivity contribution in [2.75, 3.05) is 12.3 Å². The molecule has 0 aromatic carbocycles. The first-order valence-corrected chi connectivity index (χ1v) is 5.21. The van der Waals surface area contributed by atoms with E-state index in [1.807, 2.05) is 0 Å². The molecule has 0 saturated heterocycles. The van der Waals surface area contributed by atoms with Crippen LogP contribution in [0.3, 0.4) is 0 Å². The summed E-state index contributed by atoms with van der Waals surface area (Å²) in [7, 11) is 0. The molecule has 3 N–H and O–H groups in total. The third-order valence-corrected chi connectivity index (χ3v) is 2.30. The second-order valence-electron chi connectivity index (χ2n) is 2.44. The maximum atomic E-state index is 9.24. The van der Waals surface area contributed by atoms with E-state index in [-0.39, 0.29) is 12.4 Å². The standard InChI is InChI=1S/C7H13N3O2S/c1-2-13-4-6-9-7(12-10-6)5(11)3-8/h5,11H,2-4,8H2,1H3/t5-/m0/s1. The number of aromatic nitrogens is 2. The number of thioether (sulfide) groups is 1. The molecule has 0 amide bonds. The lowest BCUT2D eigenvalue weighted by molar-refractivity contribution is 0.141. The Bertz CT molecular complexity index is 254. The van der Waals surface area contributed by atoms with Crippen LogP contribution in [0, 0.1) is 0 Å². The van der Waals surface area contributed by atoms with Crippen molar-refractivity contribution in [3.8, 4) is 0 Å². The van der Waals surface area contributed by atoms with Gasteiger partial charge in [0.25, 0.3) is 5.89 Å². The normalized spacial score (nSPS) is 13.2. The highest BCUT2D eigenvalue weighted by molar-refractivity contribution is 7.98. The van der Waals surface area contributed by atoms with Gasteiger partial charge in [-0.2, -0.15) is 16.7 Å². The number of hydrogen-bond acceptors (Lipinski definition) is 6. The van der Waals surface area contributed by atoms with Crippen molar-refractivity contribution in [2.24, 2.45) is 5.73 Å². The van der Waals surface area contributed by atoms with Crippen LogP contribution in [0.5, 0.6) is 0 Å². The van der Waals surface area contributed by atoms with E-state index in [0.717, 1.165) is 5.75 Å². The van der Waals surface area contributed by atoms with E-state index in [0.29, 0.717) is 11.6 Å². The Morgan fingerprint density at radius 1 is 1.69 bits per heavy atom. The van der Waals surface area contributed by atoms with Gasteiger partial charge in [0.15, 0.2) is 5.82 Å². The van der Waals surface area contributed by atoms with Crippen LogP contribution in [0.25, 0.3) is 0 Å². The fourth-order valence-corrected chi connectivity index (χ4v) is 1.26. The Kier molecular flexibility index (Phi) is 4.20. The van der Waals surface area contributed by atoms with Crippen LogP contribution in [-0.2, 0) is 5.75 Å². The van der Waals surface area contributed by atoms with Crippen molar-refractivity contribution in [3.05, 3.63) is 11.7 Å². The van der Waals surface area contributed by atoms with Gasteiger partial charge in [-0.3, -0.25) is 0 Å². The minimum absolute atomic E-state index is 0.0998. The molecule has 0 radical (unpaired) electrons. The number of hydrogen-bond donors (Lipinski definition) is 2. The Hall–Kier alpha value is -0.590. The van der Waals surface area contributed by atoms with Gasteiger partial charge in [-0.15, -0.1) is 0 Å². The fourth-order valence-electron chi connectivity index (χ4n) is 0.756. The molecule has 1 aromatic heterocycles. The van der Waals surface area contributed by atoms with Gasteiger partial charge in [-0.25, -0.2) is 0 Å². The van der Waals surface area contributed by atoms with Crippen LogP contribution in [0.1, 0.15) is 24.7 Å². The third-order valence-electron chi connectivity index (χ3n) is 1.43. The minimum Gasteiger partial charge on any atom is -0.382 e. The quantitative estimate of drug-likeness (QED) is 0.716. The van der Waals surface area contributed by atoms with Crippen molar-refractivity contribution in [1.29, 1.82) is 0 Å². The third kappa shape index (κ3) is 2.98. The van der Waals surface area contributed by atoms with E-state index in [1.165, 1.54) is 0 Å². The first kappa shape index (κ1) is 10.5. The molecule has 0 bridgehead atoms. The average molecular weight is 203 g/mol. The number of aliphatic hydroxyl groups is 1. The van der Waals surface area contributed by atoms with Crippen LogP contribution in [0.15, 0.2) is 4.52 Å². The van der Waals surface area contributed by atoms with E-state index in [1.54, 1.807) is 11.8 Å². The van der Waals surface area contributed by atoms with Crippen LogP contribution in [-0.4, -0.2) is 27.5 Å². The number of rotatable bonds is 5.